The van der Waals surface area contributed by atoms with Crippen LogP contribution in [0.2, 0.25) is 0 Å². The quantitative estimate of drug-likeness (QED) is 0.160. The van der Waals surface area contributed by atoms with E-state index < -0.39 is 0 Å². The summed E-state index contributed by atoms with van der Waals surface area (Å²) in [7, 11) is 0. The molecule has 0 saturated carbocycles. The summed E-state index contributed by atoms with van der Waals surface area (Å²) >= 11 is 0. The van der Waals surface area contributed by atoms with Gasteiger partial charge in [-0.1, -0.05) is 154 Å². The highest BCUT2D eigenvalue weighted by molar-refractivity contribution is 6.25. The minimum absolute atomic E-state index is 0.0515. The zero-order chi connectivity index (χ0) is 42.9. The fraction of sp³-hybridized carbons (Fsp3) is 0.0862. The lowest BCUT2D eigenvalue weighted by Gasteiger charge is -2.27. The first-order chi connectivity index (χ1) is 31.4. The van der Waals surface area contributed by atoms with Gasteiger partial charge in [-0.15, -0.1) is 0 Å². The SMILES string of the molecule is CC(C)(C)c1ccnc(-n2c3ccccc3c3c4oc5ccccc5c4c(Oc4cccc(N5CN(c6c(-c7ccccc7)cccc6-c6ccccc6)c6ccccc65)c4)cc32)c1. The van der Waals surface area contributed by atoms with E-state index in [-0.39, 0.29) is 5.41 Å². The third-order valence-electron chi connectivity index (χ3n) is 12.7. The summed E-state index contributed by atoms with van der Waals surface area (Å²) in [5.41, 5.74) is 14.0. The predicted octanol–water partition coefficient (Wildman–Crippen LogP) is 15.7. The smallest absolute Gasteiger partial charge is 0.149 e. The zero-order valence-electron chi connectivity index (χ0n) is 35.9. The average molecular weight is 829 g/mol. The van der Waals surface area contributed by atoms with Crippen LogP contribution in [0.1, 0.15) is 26.3 Å². The Bertz CT molecular complexity index is 3510. The molecule has 0 atom stereocenters. The first kappa shape index (κ1) is 37.7. The Kier molecular flexibility index (Phi) is 8.70. The topological polar surface area (TPSA) is 46.7 Å². The molecule has 0 N–H and O–H groups in total. The standard InChI is InChI=1S/C58H44N4O2/c1-58(2,3)40-32-33-59-53(34-40)62-47-28-12-10-24-45(47)54-50(62)36-52(55-46-25-11-15-31-51(46)64-57(54)55)63-42-23-16-22-41(35-42)60-37-61(49-30-14-13-29-48(49)60)56-43(38-18-6-4-7-19-38)26-17-27-44(56)39-20-8-5-9-21-39/h4-36H,37H2,1-3H3. The van der Waals surface area contributed by atoms with Crippen LogP contribution in [-0.2, 0) is 5.41 Å². The molecule has 308 valence electrons. The van der Waals surface area contributed by atoms with Crippen LogP contribution in [-0.4, -0.2) is 16.2 Å². The maximum absolute atomic E-state index is 7.15. The molecule has 0 saturated heterocycles. The molecule has 0 bridgehead atoms. The first-order valence-corrected chi connectivity index (χ1v) is 21.9. The van der Waals surface area contributed by atoms with Crippen molar-refractivity contribution in [2.75, 3.05) is 16.5 Å². The Balaban J connectivity index is 1.00. The van der Waals surface area contributed by atoms with Crippen LogP contribution >= 0.6 is 0 Å². The van der Waals surface area contributed by atoms with Gasteiger partial charge < -0.3 is 19.0 Å². The van der Waals surface area contributed by atoms with Gasteiger partial charge in [0.2, 0.25) is 0 Å². The molecule has 0 aliphatic carbocycles. The lowest BCUT2D eigenvalue weighted by Crippen LogP contribution is -2.24. The summed E-state index contributed by atoms with van der Waals surface area (Å²) in [6, 6.07) is 68.5. The Labute approximate surface area is 371 Å². The zero-order valence-corrected chi connectivity index (χ0v) is 35.9. The van der Waals surface area contributed by atoms with Gasteiger partial charge in [0, 0.05) is 45.9 Å². The minimum Gasteiger partial charge on any atom is -0.456 e. The van der Waals surface area contributed by atoms with Gasteiger partial charge in [0.1, 0.15) is 35.2 Å². The number of anilines is 4. The van der Waals surface area contributed by atoms with Crippen LogP contribution in [0.15, 0.2) is 205 Å². The highest BCUT2D eigenvalue weighted by Crippen LogP contribution is 2.51. The number of ether oxygens (including phenoxy) is 1. The summed E-state index contributed by atoms with van der Waals surface area (Å²) in [4.78, 5) is 9.81. The van der Waals surface area contributed by atoms with E-state index in [1.165, 1.54) is 33.5 Å². The Morgan fingerprint density at radius 3 is 1.92 bits per heavy atom. The molecule has 11 aromatic rings. The van der Waals surface area contributed by atoms with Crippen LogP contribution in [0, 0.1) is 0 Å². The van der Waals surface area contributed by atoms with Gasteiger partial charge in [-0.2, -0.15) is 0 Å². The molecular weight excluding hydrogens is 785 g/mol. The molecule has 64 heavy (non-hydrogen) atoms. The number of para-hydroxylation sites is 5. The van der Waals surface area contributed by atoms with E-state index in [1.807, 2.05) is 24.4 Å². The molecule has 0 fully saturated rings. The molecular formula is C58H44N4O2. The number of furan rings is 1. The van der Waals surface area contributed by atoms with Crippen molar-refractivity contribution >= 4 is 66.5 Å². The van der Waals surface area contributed by atoms with Gasteiger partial charge in [0.05, 0.1) is 38.9 Å². The van der Waals surface area contributed by atoms with Crippen LogP contribution in [0.25, 0.3) is 71.8 Å². The van der Waals surface area contributed by atoms with Crippen LogP contribution in [0.3, 0.4) is 0 Å². The van der Waals surface area contributed by atoms with E-state index in [2.05, 4.69) is 211 Å². The number of hydrogen-bond donors (Lipinski definition) is 0. The summed E-state index contributed by atoms with van der Waals surface area (Å²) in [6.45, 7) is 7.31. The number of rotatable bonds is 7. The predicted molar refractivity (Wildman–Crippen MR) is 264 cm³/mol. The molecule has 0 radical (unpaired) electrons. The second-order valence-electron chi connectivity index (χ2n) is 17.6. The molecule has 0 unspecified atom stereocenters. The van der Waals surface area contributed by atoms with Gasteiger partial charge in [-0.05, 0) is 70.6 Å². The van der Waals surface area contributed by atoms with E-state index in [9.17, 15) is 0 Å². The van der Waals surface area contributed by atoms with Crippen molar-refractivity contribution in [3.05, 3.63) is 206 Å². The molecule has 6 heteroatoms. The largest absolute Gasteiger partial charge is 0.456 e. The first-order valence-electron chi connectivity index (χ1n) is 21.9. The molecule has 3 aromatic heterocycles. The van der Waals surface area contributed by atoms with E-state index in [0.29, 0.717) is 12.4 Å². The monoisotopic (exact) mass is 828 g/mol. The number of nitrogens with zero attached hydrogens (tertiary/aromatic N) is 4. The molecule has 0 spiro atoms. The maximum Gasteiger partial charge on any atom is 0.149 e. The number of hydrogen-bond acceptors (Lipinski definition) is 5. The Morgan fingerprint density at radius 2 is 1.19 bits per heavy atom. The summed E-state index contributed by atoms with van der Waals surface area (Å²) < 4.78 is 16.2. The molecule has 1 aliphatic rings. The van der Waals surface area contributed by atoms with E-state index in [0.717, 1.165) is 72.4 Å². The Hall–Kier alpha value is -8.09. The fourth-order valence-corrected chi connectivity index (χ4v) is 9.64. The number of aromatic nitrogens is 2. The molecule has 4 heterocycles. The lowest BCUT2D eigenvalue weighted by molar-refractivity contribution is 0.489. The second kappa shape index (κ2) is 14.8. The summed E-state index contributed by atoms with van der Waals surface area (Å²) in [5, 5.41) is 4.08. The number of benzene rings is 8. The normalized spacial score (nSPS) is 12.8. The molecule has 6 nitrogen and oxygen atoms in total. The van der Waals surface area contributed by atoms with Gasteiger partial charge in [-0.25, -0.2) is 4.98 Å². The van der Waals surface area contributed by atoms with Gasteiger partial charge in [0.15, 0.2) is 0 Å². The number of pyridine rings is 1. The van der Waals surface area contributed by atoms with Crippen molar-refractivity contribution in [3.8, 4) is 39.6 Å². The van der Waals surface area contributed by atoms with Gasteiger partial charge >= 0.3 is 0 Å². The van der Waals surface area contributed by atoms with Crippen molar-refractivity contribution in [1.82, 2.24) is 9.55 Å². The van der Waals surface area contributed by atoms with E-state index >= 15 is 0 Å². The van der Waals surface area contributed by atoms with Crippen LogP contribution in [0.4, 0.5) is 22.7 Å². The second-order valence-corrected chi connectivity index (χ2v) is 17.6. The van der Waals surface area contributed by atoms with Crippen molar-refractivity contribution in [1.29, 1.82) is 0 Å². The highest BCUT2D eigenvalue weighted by Gasteiger charge is 2.32. The maximum atomic E-state index is 7.15. The van der Waals surface area contributed by atoms with Gasteiger partial charge in [-0.3, -0.25) is 4.57 Å². The van der Waals surface area contributed by atoms with Crippen molar-refractivity contribution in [3.63, 3.8) is 0 Å². The third kappa shape index (κ3) is 6.13. The molecule has 1 aliphatic heterocycles. The van der Waals surface area contributed by atoms with Crippen molar-refractivity contribution in [2.24, 2.45) is 0 Å². The molecule has 12 rings (SSSR count). The number of fused-ring (bicyclic) bond motifs is 8. The van der Waals surface area contributed by atoms with Crippen molar-refractivity contribution < 1.29 is 9.15 Å². The fourth-order valence-electron chi connectivity index (χ4n) is 9.64. The summed E-state index contributed by atoms with van der Waals surface area (Å²) in [5.74, 6) is 2.29. The van der Waals surface area contributed by atoms with E-state index in [4.69, 9.17) is 14.1 Å². The molecule has 8 aromatic carbocycles. The van der Waals surface area contributed by atoms with Gasteiger partial charge in [0.25, 0.3) is 0 Å². The molecule has 0 amide bonds. The van der Waals surface area contributed by atoms with Crippen LogP contribution in [0.5, 0.6) is 11.5 Å². The Morgan fingerprint density at radius 1 is 0.547 bits per heavy atom. The minimum atomic E-state index is -0.0515. The third-order valence-corrected chi connectivity index (χ3v) is 12.7. The van der Waals surface area contributed by atoms with E-state index in [1.54, 1.807) is 0 Å². The van der Waals surface area contributed by atoms with Crippen molar-refractivity contribution in [2.45, 2.75) is 26.2 Å². The lowest BCUT2D eigenvalue weighted by atomic mass is 9.88. The average Bonchev–Trinajstić information content (AvgIpc) is 4.02. The highest BCUT2D eigenvalue weighted by atomic mass is 16.5. The summed E-state index contributed by atoms with van der Waals surface area (Å²) in [6.07, 6.45) is 1.92. The van der Waals surface area contributed by atoms with Crippen LogP contribution < -0.4 is 14.5 Å².